The van der Waals surface area contributed by atoms with Crippen molar-refractivity contribution in [3.05, 3.63) is 60.7 Å². The van der Waals surface area contributed by atoms with Gasteiger partial charge in [0.05, 0.1) is 6.26 Å². The SMILES string of the molecule is Nn1c(Sc2nccc(Oc3ccc(F)cc3)n2)nnc1-c1ccco1. The zero-order chi connectivity index (χ0) is 17.9. The van der Waals surface area contributed by atoms with Gasteiger partial charge in [0.2, 0.25) is 16.9 Å². The molecule has 26 heavy (non-hydrogen) atoms. The Labute approximate surface area is 150 Å². The first-order valence-corrected chi connectivity index (χ1v) is 8.19. The number of rotatable bonds is 5. The molecular formula is C16H11FN6O2S. The maximum atomic E-state index is 13.0. The van der Waals surface area contributed by atoms with Crippen LogP contribution in [-0.4, -0.2) is 24.8 Å². The molecule has 0 radical (unpaired) electrons. The van der Waals surface area contributed by atoms with Gasteiger partial charge < -0.3 is 15.0 Å². The first-order valence-electron chi connectivity index (χ1n) is 7.38. The summed E-state index contributed by atoms with van der Waals surface area (Å²) in [5.41, 5.74) is 0. The summed E-state index contributed by atoms with van der Waals surface area (Å²) in [6.45, 7) is 0. The summed E-state index contributed by atoms with van der Waals surface area (Å²) in [7, 11) is 0. The summed E-state index contributed by atoms with van der Waals surface area (Å²) < 4.78 is 25.1. The van der Waals surface area contributed by atoms with E-state index >= 15 is 0 Å². The predicted octanol–water partition coefficient (Wildman–Crippen LogP) is 3.12. The van der Waals surface area contributed by atoms with Crippen molar-refractivity contribution in [2.45, 2.75) is 10.3 Å². The van der Waals surface area contributed by atoms with Crippen LogP contribution in [0.25, 0.3) is 11.6 Å². The lowest BCUT2D eigenvalue weighted by atomic mass is 10.3. The number of furan rings is 1. The molecule has 8 nitrogen and oxygen atoms in total. The lowest BCUT2D eigenvalue weighted by molar-refractivity contribution is 0.454. The van der Waals surface area contributed by atoms with Crippen LogP contribution in [-0.2, 0) is 0 Å². The Morgan fingerprint density at radius 3 is 2.73 bits per heavy atom. The molecule has 3 aromatic heterocycles. The third-order valence-electron chi connectivity index (χ3n) is 3.23. The van der Waals surface area contributed by atoms with E-state index < -0.39 is 0 Å². The molecule has 0 aliphatic rings. The van der Waals surface area contributed by atoms with Gasteiger partial charge in [0.1, 0.15) is 11.6 Å². The molecule has 0 bridgehead atoms. The first kappa shape index (κ1) is 16.1. The topological polar surface area (TPSA) is 105 Å². The highest BCUT2D eigenvalue weighted by atomic mass is 32.2. The number of nitrogens with two attached hydrogens (primary N) is 1. The zero-order valence-electron chi connectivity index (χ0n) is 13.1. The highest BCUT2D eigenvalue weighted by Crippen LogP contribution is 2.27. The minimum atomic E-state index is -0.342. The van der Waals surface area contributed by atoms with E-state index in [4.69, 9.17) is 15.0 Å². The van der Waals surface area contributed by atoms with Crippen LogP contribution >= 0.6 is 11.8 Å². The number of nitrogens with zero attached hydrogens (tertiary/aromatic N) is 5. The van der Waals surface area contributed by atoms with Gasteiger partial charge in [-0.3, -0.25) is 0 Å². The maximum Gasteiger partial charge on any atom is 0.223 e. The molecule has 0 unspecified atom stereocenters. The number of benzene rings is 1. The molecule has 3 heterocycles. The smallest absolute Gasteiger partial charge is 0.223 e. The fourth-order valence-corrected chi connectivity index (χ4v) is 2.74. The van der Waals surface area contributed by atoms with Crippen molar-refractivity contribution < 1.29 is 13.5 Å². The number of hydrogen-bond acceptors (Lipinski definition) is 8. The third-order valence-corrected chi connectivity index (χ3v) is 4.07. The highest BCUT2D eigenvalue weighted by molar-refractivity contribution is 7.99. The Morgan fingerprint density at radius 2 is 1.96 bits per heavy atom. The van der Waals surface area contributed by atoms with Gasteiger partial charge in [0.15, 0.2) is 10.9 Å². The van der Waals surface area contributed by atoms with Crippen molar-refractivity contribution in [1.82, 2.24) is 24.8 Å². The molecule has 0 fully saturated rings. The van der Waals surface area contributed by atoms with Crippen LogP contribution in [0.2, 0.25) is 0 Å². The minimum absolute atomic E-state index is 0.309. The third kappa shape index (κ3) is 3.35. The summed E-state index contributed by atoms with van der Waals surface area (Å²) in [5, 5.41) is 8.78. The number of halogens is 1. The van der Waals surface area contributed by atoms with Crippen molar-refractivity contribution in [2.24, 2.45) is 0 Å². The van der Waals surface area contributed by atoms with Crippen LogP contribution in [0.5, 0.6) is 11.6 Å². The Hall–Kier alpha value is -3.40. The number of nitrogen functional groups attached to an aromatic ring is 1. The molecule has 4 rings (SSSR count). The van der Waals surface area contributed by atoms with Gasteiger partial charge >= 0.3 is 0 Å². The van der Waals surface area contributed by atoms with Crippen LogP contribution in [0.1, 0.15) is 0 Å². The van der Waals surface area contributed by atoms with Gasteiger partial charge in [-0.25, -0.2) is 14.1 Å². The normalized spacial score (nSPS) is 10.8. The molecule has 0 atom stereocenters. The van der Waals surface area contributed by atoms with Gasteiger partial charge in [-0.15, -0.1) is 10.2 Å². The molecule has 0 aliphatic heterocycles. The first-order chi connectivity index (χ1) is 12.7. The Bertz CT molecular complexity index is 1020. The van der Waals surface area contributed by atoms with Crippen LogP contribution in [0.4, 0.5) is 4.39 Å². The number of aromatic nitrogens is 5. The molecule has 0 saturated heterocycles. The lowest BCUT2D eigenvalue weighted by Gasteiger charge is -2.05. The Kier molecular flexibility index (Phi) is 4.23. The summed E-state index contributed by atoms with van der Waals surface area (Å²) in [4.78, 5) is 8.43. The molecule has 0 saturated carbocycles. The maximum absolute atomic E-state index is 13.0. The second-order valence-electron chi connectivity index (χ2n) is 4.99. The van der Waals surface area contributed by atoms with Crippen LogP contribution in [0.3, 0.4) is 0 Å². The van der Waals surface area contributed by atoms with E-state index in [-0.39, 0.29) is 5.82 Å². The number of ether oxygens (including phenoxy) is 1. The molecule has 0 spiro atoms. The van der Waals surface area contributed by atoms with E-state index in [1.807, 2.05) is 0 Å². The Morgan fingerprint density at radius 1 is 1.12 bits per heavy atom. The van der Waals surface area contributed by atoms with Gasteiger partial charge in [-0.1, -0.05) is 0 Å². The minimum Gasteiger partial charge on any atom is -0.461 e. The van der Waals surface area contributed by atoms with E-state index in [2.05, 4.69) is 20.2 Å². The molecule has 0 amide bonds. The summed E-state index contributed by atoms with van der Waals surface area (Å²) in [5.74, 6) is 7.32. The molecule has 10 heteroatoms. The zero-order valence-corrected chi connectivity index (χ0v) is 13.9. The van der Waals surface area contributed by atoms with Crippen LogP contribution < -0.4 is 10.6 Å². The van der Waals surface area contributed by atoms with E-state index in [0.717, 1.165) is 11.8 Å². The number of hydrogen-bond donors (Lipinski definition) is 1. The van der Waals surface area contributed by atoms with Crippen molar-refractivity contribution >= 4 is 11.8 Å². The van der Waals surface area contributed by atoms with Crippen molar-refractivity contribution in [3.8, 4) is 23.2 Å². The highest BCUT2D eigenvalue weighted by Gasteiger charge is 2.16. The molecule has 2 N–H and O–H groups in total. The molecule has 4 aromatic rings. The second kappa shape index (κ2) is 6.84. The van der Waals surface area contributed by atoms with Crippen LogP contribution in [0.15, 0.2) is 69.7 Å². The fourth-order valence-electron chi connectivity index (χ4n) is 2.06. The quantitative estimate of drug-likeness (QED) is 0.422. The van der Waals surface area contributed by atoms with Gasteiger partial charge in [-0.2, -0.15) is 4.98 Å². The summed E-state index contributed by atoms with van der Waals surface area (Å²) in [6.07, 6.45) is 3.06. The van der Waals surface area contributed by atoms with E-state index in [0.29, 0.717) is 33.5 Å². The molecule has 1 aromatic carbocycles. The fraction of sp³-hybridized carbons (Fsp3) is 0. The monoisotopic (exact) mass is 370 g/mol. The van der Waals surface area contributed by atoms with Gasteiger partial charge in [0, 0.05) is 12.3 Å². The molecule has 0 aliphatic carbocycles. The standard InChI is InChI=1S/C16H11FN6O2S/c17-10-3-5-11(6-4-10)25-13-7-8-19-15(20-13)26-16-22-21-14(23(16)18)12-2-1-9-24-12/h1-9H,18H2. The van der Waals surface area contributed by atoms with Gasteiger partial charge in [0.25, 0.3) is 0 Å². The molecular weight excluding hydrogens is 359 g/mol. The average Bonchev–Trinajstić information content (AvgIpc) is 3.28. The predicted molar refractivity (Wildman–Crippen MR) is 90.5 cm³/mol. The van der Waals surface area contributed by atoms with Crippen molar-refractivity contribution in [2.75, 3.05) is 5.84 Å². The second-order valence-corrected chi connectivity index (χ2v) is 5.92. The summed E-state index contributed by atoms with van der Waals surface area (Å²) in [6, 6.07) is 10.7. The van der Waals surface area contributed by atoms with E-state index in [1.165, 1.54) is 35.2 Å². The van der Waals surface area contributed by atoms with Crippen LogP contribution in [0, 0.1) is 5.82 Å². The average molecular weight is 370 g/mol. The van der Waals surface area contributed by atoms with Crippen molar-refractivity contribution in [1.29, 1.82) is 0 Å². The Balaban J connectivity index is 1.53. The van der Waals surface area contributed by atoms with E-state index in [1.54, 1.807) is 24.4 Å². The van der Waals surface area contributed by atoms with Gasteiger partial charge in [-0.05, 0) is 48.2 Å². The van der Waals surface area contributed by atoms with Crippen molar-refractivity contribution in [3.63, 3.8) is 0 Å². The summed E-state index contributed by atoms with van der Waals surface area (Å²) >= 11 is 1.12. The largest absolute Gasteiger partial charge is 0.461 e. The molecule has 130 valence electrons. The lowest BCUT2D eigenvalue weighted by Crippen LogP contribution is -2.11. The van der Waals surface area contributed by atoms with E-state index in [9.17, 15) is 4.39 Å².